The van der Waals surface area contributed by atoms with Gasteiger partial charge in [-0.1, -0.05) is 30.3 Å². The second kappa shape index (κ2) is 8.63. The first kappa shape index (κ1) is 18.8. The summed E-state index contributed by atoms with van der Waals surface area (Å²) in [7, 11) is 2.29. The van der Waals surface area contributed by atoms with Gasteiger partial charge in [0.1, 0.15) is 0 Å². The summed E-state index contributed by atoms with van der Waals surface area (Å²) >= 11 is 0. The van der Waals surface area contributed by atoms with Crippen molar-refractivity contribution in [3.05, 3.63) is 35.9 Å². The van der Waals surface area contributed by atoms with E-state index in [9.17, 15) is 0 Å². The quantitative estimate of drug-likeness (QED) is 0.756. The average Bonchev–Trinajstić information content (AvgIpc) is 3.03. The summed E-state index contributed by atoms with van der Waals surface area (Å²) in [6.45, 7) is 14.5. The van der Waals surface area contributed by atoms with Crippen molar-refractivity contribution in [3.63, 3.8) is 0 Å². The molecule has 0 radical (unpaired) electrons. The van der Waals surface area contributed by atoms with E-state index in [4.69, 9.17) is 4.74 Å². The molecule has 0 aromatic heterocycles. The van der Waals surface area contributed by atoms with Gasteiger partial charge in [-0.25, -0.2) is 0 Å². The molecule has 0 N–H and O–H groups in total. The zero-order valence-corrected chi connectivity index (χ0v) is 16.3. The molecule has 0 unspecified atom stereocenters. The molecule has 4 heteroatoms. The molecule has 140 valence electrons. The minimum absolute atomic E-state index is 0.223. The third-order valence-corrected chi connectivity index (χ3v) is 5.71. The van der Waals surface area contributed by atoms with Gasteiger partial charge < -0.3 is 9.64 Å². The maximum absolute atomic E-state index is 5.51. The highest BCUT2D eigenvalue weighted by atomic mass is 16.5. The van der Waals surface area contributed by atoms with Crippen LogP contribution < -0.4 is 0 Å². The van der Waals surface area contributed by atoms with E-state index in [1.165, 1.54) is 31.6 Å². The molecule has 0 saturated carbocycles. The predicted octanol–water partition coefficient (Wildman–Crippen LogP) is 2.55. The van der Waals surface area contributed by atoms with Crippen LogP contribution in [0, 0.1) is 5.92 Å². The minimum atomic E-state index is 0.223. The Bertz CT molecular complexity index is 513. The Morgan fingerprint density at radius 2 is 1.84 bits per heavy atom. The zero-order valence-electron chi connectivity index (χ0n) is 16.3. The fraction of sp³-hybridized carbons (Fsp3) is 0.714. The molecule has 0 bridgehead atoms. The number of benzene rings is 1. The number of likely N-dealkylation sites (tertiary alicyclic amines) is 1. The molecule has 2 aliphatic rings. The van der Waals surface area contributed by atoms with E-state index in [1.807, 2.05) is 0 Å². The third-order valence-electron chi connectivity index (χ3n) is 5.71. The number of morpholine rings is 1. The maximum atomic E-state index is 5.51. The highest BCUT2D eigenvalue weighted by Crippen LogP contribution is 2.22. The van der Waals surface area contributed by atoms with Crippen molar-refractivity contribution in [3.8, 4) is 0 Å². The van der Waals surface area contributed by atoms with Crippen molar-refractivity contribution in [2.45, 2.75) is 32.4 Å². The maximum Gasteiger partial charge on any atom is 0.0594 e. The fourth-order valence-corrected chi connectivity index (χ4v) is 4.48. The second-order valence-corrected chi connectivity index (χ2v) is 8.48. The van der Waals surface area contributed by atoms with Crippen LogP contribution >= 0.6 is 0 Å². The number of likely N-dealkylation sites (N-methyl/N-ethyl adjacent to an activating group) is 1. The average molecular weight is 346 g/mol. The molecule has 0 aliphatic carbocycles. The SMILES string of the molecule is CN(C[C@@H]1CCN(Cc2ccccc2)C1)CC(C)(C)N1CCOCC1. The van der Waals surface area contributed by atoms with Crippen LogP contribution in [-0.4, -0.2) is 79.8 Å². The van der Waals surface area contributed by atoms with Gasteiger partial charge in [0.05, 0.1) is 13.2 Å². The normalized spacial score (nSPS) is 23.4. The van der Waals surface area contributed by atoms with Crippen molar-refractivity contribution in [2.24, 2.45) is 5.92 Å². The molecule has 1 atom stereocenters. The lowest BCUT2D eigenvalue weighted by Gasteiger charge is -2.43. The summed E-state index contributed by atoms with van der Waals surface area (Å²) in [6.07, 6.45) is 1.33. The number of hydrogen-bond donors (Lipinski definition) is 0. The van der Waals surface area contributed by atoms with Gasteiger partial charge in [-0.15, -0.1) is 0 Å². The molecule has 1 aromatic rings. The standard InChI is InChI=1S/C21H35N3O/c1-21(2,24-11-13-25-14-12-24)18-22(3)15-20-9-10-23(17-20)16-19-7-5-4-6-8-19/h4-8,20H,9-18H2,1-3H3/t20-/m0/s1. The first-order chi connectivity index (χ1) is 12.0. The van der Waals surface area contributed by atoms with E-state index in [0.29, 0.717) is 0 Å². The summed E-state index contributed by atoms with van der Waals surface area (Å²) in [4.78, 5) is 7.75. The molecule has 0 spiro atoms. The molecule has 2 aliphatic heterocycles. The largest absolute Gasteiger partial charge is 0.379 e. The Morgan fingerprint density at radius 3 is 2.56 bits per heavy atom. The number of rotatable bonds is 7. The summed E-state index contributed by atoms with van der Waals surface area (Å²) < 4.78 is 5.51. The summed E-state index contributed by atoms with van der Waals surface area (Å²) in [6, 6.07) is 10.9. The van der Waals surface area contributed by atoms with Gasteiger partial charge in [0.15, 0.2) is 0 Å². The zero-order chi connectivity index (χ0) is 17.7. The Labute approximate surface area is 153 Å². The van der Waals surface area contributed by atoms with E-state index < -0.39 is 0 Å². The lowest BCUT2D eigenvalue weighted by atomic mass is 10.00. The molecule has 4 nitrogen and oxygen atoms in total. The van der Waals surface area contributed by atoms with Crippen LogP contribution in [0.5, 0.6) is 0 Å². The van der Waals surface area contributed by atoms with Crippen molar-refractivity contribution in [1.29, 1.82) is 0 Å². The Morgan fingerprint density at radius 1 is 1.12 bits per heavy atom. The third kappa shape index (κ3) is 5.52. The van der Waals surface area contributed by atoms with Gasteiger partial charge in [-0.05, 0) is 45.3 Å². The van der Waals surface area contributed by atoms with Crippen molar-refractivity contribution in [1.82, 2.24) is 14.7 Å². The van der Waals surface area contributed by atoms with E-state index in [2.05, 4.69) is 65.9 Å². The molecular formula is C21H35N3O. The van der Waals surface area contributed by atoms with E-state index in [-0.39, 0.29) is 5.54 Å². The predicted molar refractivity (Wildman–Crippen MR) is 104 cm³/mol. The van der Waals surface area contributed by atoms with Crippen LogP contribution in [0.25, 0.3) is 0 Å². The topological polar surface area (TPSA) is 19.0 Å². The molecule has 2 saturated heterocycles. The van der Waals surface area contributed by atoms with Crippen LogP contribution in [0.1, 0.15) is 25.8 Å². The van der Waals surface area contributed by atoms with Gasteiger partial charge in [0, 0.05) is 44.8 Å². The summed E-state index contributed by atoms with van der Waals surface area (Å²) in [5, 5.41) is 0. The van der Waals surface area contributed by atoms with Crippen LogP contribution in [0.3, 0.4) is 0 Å². The first-order valence-corrected chi connectivity index (χ1v) is 9.80. The first-order valence-electron chi connectivity index (χ1n) is 9.80. The lowest BCUT2D eigenvalue weighted by molar-refractivity contribution is -0.0203. The minimum Gasteiger partial charge on any atom is -0.379 e. The highest BCUT2D eigenvalue weighted by Gasteiger charge is 2.31. The number of hydrogen-bond acceptors (Lipinski definition) is 4. The molecule has 1 aromatic carbocycles. The lowest BCUT2D eigenvalue weighted by Crippen LogP contribution is -2.55. The number of ether oxygens (including phenoxy) is 1. The van der Waals surface area contributed by atoms with Crippen LogP contribution in [0.2, 0.25) is 0 Å². The highest BCUT2D eigenvalue weighted by molar-refractivity contribution is 5.14. The summed E-state index contributed by atoms with van der Waals surface area (Å²) in [5.74, 6) is 0.800. The number of nitrogens with zero attached hydrogens (tertiary/aromatic N) is 3. The van der Waals surface area contributed by atoms with Crippen LogP contribution in [0.15, 0.2) is 30.3 Å². The smallest absolute Gasteiger partial charge is 0.0594 e. The molecule has 3 rings (SSSR count). The molecule has 0 amide bonds. The Kier molecular flexibility index (Phi) is 6.50. The second-order valence-electron chi connectivity index (χ2n) is 8.48. The van der Waals surface area contributed by atoms with Crippen molar-refractivity contribution < 1.29 is 4.74 Å². The monoisotopic (exact) mass is 345 g/mol. The van der Waals surface area contributed by atoms with Crippen molar-refractivity contribution in [2.75, 3.05) is 59.5 Å². The summed E-state index contributed by atoms with van der Waals surface area (Å²) in [5.41, 5.74) is 1.66. The van der Waals surface area contributed by atoms with Gasteiger partial charge >= 0.3 is 0 Å². The molecule has 2 fully saturated rings. The van der Waals surface area contributed by atoms with Crippen LogP contribution in [-0.2, 0) is 11.3 Å². The Hall–Kier alpha value is -0.940. The van der Waals surface area contributed by atoms with Crippen LogP contribution in [0.4, 0.5) is 0 Å². The van der Waals surface area contributed by atoms with Gasteiger partial charge in [-0.3, -0.25) is 9.80 Å². The molecule has 25 heavy (non-hydrogen) atoms. The molecular weight excluding hydrogens is 310 g/mol. The van der Waals surface area contributed by atoms with E-state index in [0.717, 1.165) is 45.3 Å². The van der Waals surface area contributed by atoms with E-state index in [1.54, 1.807) is 0 Å². The molecule has 2 heterocycles. The fourth-order valence-electron chi connectivity index (χ4n) is 4.48. The van der Waals surface area contributed by atoms with E-state index >= 15 is 0 Å². The van der Waals surface area contributed by atoms with Gasteiger partial charge in [0.25, 0.3) is 0 Å². The van der Waals surface area contributed by atoms with Crippen molar-refractivity contribution >= 4 is 0 Å². The van der Waals surface area contributed by atoms with Gasteiger partial charge in [0.2, 0.25) is 0 Å². The van der Waals surface area contributed by atoms with Gasteiger partial charge in [-0.2, -0.15) is 0 Å². The Balaban J connectivity index is 1.43.